The summed E-state index contributed by atoms with van der Waals surface area (Å²) in [5.41, 5.74) is 22.2. The Labute approximate surface area is 855 Å². The van der Waals surface area contributed by atoms with Crippen LogP contribution in [0.15, 0.2) is 253 Å². The highest BCUT2D eigenvalue weighted by Crippen LogP contribution is 2.38. The lowest BCUT2D eigenvalue weighted by Crippen LogP contribution is -2.54. The van der Waals surface area contributed by atoms with Gasteiger partial charge >= 0.3 is 28.1 Å². The van der Waals surface area contributed by atoms with E-state index >= 15 is 0 Å². The lowest BCUT2D eigenvalue weighted by molar-refractivity contribution is 0.148. The average molecular weight is 2010 g/mol. The first-order valence-corrected chi connectivity index (χ1v) is 52.8. The Morgan fingerprint density at radius 3 is 1.23 bits per heavy atom. The van der Waals surface area contributed by atoms with Gasteiger partial charge in [0.25, 0.3) is 0 Å². The number of rotatable bonds is 12. The zero-order valence-corrected chi connectivity index (χ0v) is 86.8. The second-order valence-electron chi connectivity index (χ2n) is 39.2. The average Bonchev–Trinajstić information content (AvgIpc) is 1.73. The normalized spacial score (nSPS) is 16.7. The minimum absolute atomic E-state index is 0.302. The summed E-state index contributed by atoms with van der Waals surface area (Å²) >= 11 is 4.91. The Bertz CT molecular complexity index is 8520. The summed E-state index contributed by atoms with van der Waals surface area (Å²) in [7, 11) is 2.14. The van der Waals surface area contributed by atoms with Crippen LogP contribution in [0.3, 0.4) is 0 Å². The van der Waals surface area contributed by atoms with Crippen molar-refractivity contribution < 1.29 is 22.1 Å². The smallest absolute Gasteiger partial charge is 0.345 e. The standard InChI is InChI=1S/C26H30N4O2.C23H25N5O2.3C22H21N3O2S/c1-16(2)30-9-8-28(14-18(30)4)22-7-6-20-10-23(26(31)32-25(20)12-22)21-11-24-19(5)27-17(3)13-29(24)15-21;1-4-17-12-27(8-7-24-17)18-6-5-16-9-19(23(29)30-21(16)10-18)20-13-28-11-14(2)25-15(3)22(28)26-20;1-14-23-19-6-4-15(12-21(19)28-14)18-11-16-3-5-17(13-20(16)27-22(18)26)25-9-7-24(2)8-10-25;1-13-12-25(8-7-23-13)17-5-3-16-9-18(22(26)27-20(16)11-17)15-4-6-19-21(10-15)28-14(2)24-19;1-14-24-19-6-4-15(12-21(19)28-14)18-11-16-3-5-17(13-20(16)27-22(18)26)25-9-2-7-23-8-10-25/h6-7,10-13,15-16,18H,8-9,14H2,1-5H3;5-6,9-11,13,17,24H,4,7-8,12H2,1-3H3;3-6,11-13H,7-10H2,1-2H3;3-6,9-11,13,23H,7-8,12H2,1-2H3;3-6,11-13,23H,2,7-10H2,1H3/t18-;17-;;13-;/m00.0./s1. The van der Waals surface area contributed by atoms with Crippen LogP contribution in [-0.2, 0) is 0 Å². The Morgan fingerprint density at radius 2 is 0.774 bits per heavy atom. The van der Waals surface area contributed by atoms with Crippen LogP contribution < -0.4 is 68.6 Å². The second kappa shape index (κ2) is 41.6. The van der Waals surface area contributed by atoms with E-state index in [0.717, 1.165) is 281 Å². The molecule has 0 spiro atoms. The Morgan fingerprint density at radius 1 is 0.370 bits per heavy atom. The van der Waals surface area contributed by atoms with Gasteiger partial charge in [-0.05, 0) is 253 Å². The van der Waals surface area contributed by atoms with E-state index in [-0.39, 0.29) is 28.1 Å². The van der Waals surface area contributed by atoms with Crippen molar-refractivity contribution in [3.63, 3.8) is 0 Å². The van der Waals surface area contributed by atoms with Gasteiger partial charge in [-0.2, -0.15) is 0 Å². The summed E-state index contributed by atoms with van der Waals surface area (Å²) in [4.78, 5) is 107. The van der Waals surface area contributed by atoms with Crippen molar-refractivity contribution in [2.45, 2.75) is 120 Å². The zero-order valence-electron chi connectivity index (χ0n) is 84.4. The first-order valence-electron chi connectivity index (χ1n) is 50.3. The molecule has 3 N–H and O–H groups in total. The van der Waals surface area contributed by atoms with E-state index in [4.69, 9.17) is 22.1 Å². The highest BCUT2D eigenvalue weighted by atomic mass is 32.1. The monoisotopic (exact) mass is 2010 g/mol. The SMILES string of the molecule is CC[C@H]1CN(c2ccc3cc(-c4cn5cc(C)nc(C)c5n4)c(=O)oc3c2)CCN1.Cc1cn2cc(-c3cc4ccc(N5CCN(C(C)C)[C@@H](C)C5)cc4oc3=O)cc2c(C)n1.Cc1nc2ccc(-c3cc4ccc(N5CCCNCC5)cc4oc3=O)cc2s1.Cc1nc2ccc(-c3cc4ccc(N5CCN(C)CC5)cc4oc3=O)cc2s1.Cc1nc2ccc(-c3cc4ccc(N5CCN[C@@H](C)C5)cc4oc3=O)cc2s1. The highest BCUT2D eigenvalue weighted by molar-refractivity contribution is 7.19. The number of aromatic nitrogens is 8. The molecule has 20 aromatic rings. The number of imidazole rings is 1. The van der Waals surface area contributed by atoms with E-state index in [1.165, 1.54) is 0 Å². The molecule has 0 aliphatic carbocycles. The van der Waals surface area contributed by atoms with Gasteiger partial charge in [0.2, 0.25) is 0 Å². The summed E-state index contributed by atoms with van der Waals surface area (Å²) in [6.45, 7) is 41.7. The molecule has 3 atom stereocenters. The molecule has 25 rings (SSSR count). The lowest BCUT2D eigenvalue weighted by atomic mass is 10.1. The lowest BCUT2D eigenvalue weighted by Gasteiger charge is -2.43. The van der Waals surface area contributed by atoms with Gasteiger partial charge in [0, 0.05) is 245 Å². The van der Waals surface area contributed by atoms with E-state index in [1.54, 1.807) is 34.0 Å². The number of nitrogens with zero attached hydrogens (tertiary/aromatic N) is 15. The van der Waals surface area contributed by atoms with Gasteiger partial charge in [0.05, 0.1) is 107 Å². The molecule has 8 aromatic carbocycles. The summed E-state index contributed by atoms with van der Waals surface area (Å²) in [6.07, 6.45) is 9.91. The zero-order chi connectivity index (χ0) is 101. The van der Waals surface area contributed by atoms with E-state index in [0.29, 0.717) is 85.6 Å². The second-order valence-corrected chi connectivity index (χ2v) is 42.9. The van der Waals surface area contributed by atoms with Gasteiger partial charge in [-0.15, -0.1) is 34.0 Å². The molecule has 746 valence electrons. The van der Waals surface area contributed by atoms with Crippen molar-refractivity contribution in [2.75, 3.05) is 143 Å². The number of fused-ring (bicyclic) bond motifs is 10. The third kappa shape index (κ3) is 21.0. The summed E-state index contributed by atoms with van der Waals surface area (Å²) in [5, 5.41) is 18.1. The Hall–Kier alpha value is -14.4. The minimum Gasteiger partial charge on any atom is -0.422 e. The molecule has 31 heteroatoms. The maximum Gasteiger partial charge on any atom is 0.345 e. The number of benzene rings is 8. The number of thiazole rings is 3. The van der Waals surface area contributed by atoms with Crippen LogP contribution in [0, 0.1) is 48.5 Å². The number of hydrogen-bond acceptors (Lipinski definition) is 29. The first-order chi connectivity index (χ1) is 70.6. The molecular weight excluding hydrogens is 1890 g/mol. The number of nitrogens with one attached hydrogen (secondary N) is 3. The Balaban J connectivity index is 0.000000107. The molecular formula is C115H118N18O10S3. The third-order valence-corrected chi connectivity index (χ3v) is 31.1. The molecule has 17 heterocycles. The van der Waals surface area contributed by atoms with Crippen LogP contribution >= 0.6 is 34.0 Å². The molecule has 0 unspecified atom stereocenters. The highest BCUT2D eigenvalue weighted by Gasteiger charge is 2.29. The van der Waals surface area contributed by atoms with Gasteiger partial charge in [-0.3, -0.25) is 14.9 Å². The topological polar surface area (TPSA) is 296 Å². The number of likely N-dealkylation sites (N-methyl/N-ethyl adjacent to an activating group) is 1. The molecule has 5 aliphatic rings. The molecule has 0 bridgehead atoms. The van der Waals surface area contributed by atoms with Crippen molar-refractivity contribution >= 4 is 159 Å². The first kappa shape index (κ1) is 97.7. The molecule has 0 radical (unpaired) electrons. The maximum absolute atomic E-state index is 12.9. The summed E-state index contributed by atoms with van der Waals surface area (Å²) < 4.78 is 35.8. The summed E-state index contributed by atoms with van der Waals surface area (Å²) in [5.74, 6) is 0. The molecule has 5 fully saturated rings. The fourth-order valence-electron chi connectivity index (χ4n) is 20.7. The van der Waals surface area contributed by atoms with Crippen molar-refractivity contribution in [3.8, 4) is 55.8 Å². The van der Waals surface area contributed by atoms with Crippen molar-refractivity contribution in [3.05, 3.63) is 297 Å². The fraction of sp³-hybridized carbons (Fsp3) is 0.313. The molecule has 0 amide bonds. The van der Waals surface area contributed by atoms with Gasteiger partial charge < -0.3 is 76.2 Å². The largest absolute Gasteiger partial charge is 0.422 e. The number of anilines is 5. The van der Waals surface area contributed by atoms with Gasteiger partial charge in [-0.1, -0.05) is 25.1 Å². The maximum atomic E-state index is 12.9. The fourth-order valence-corrected chi connectivity index (χ4v) is 23.3. The van der Waals surface area contributed by atoms with Crippen LogP contribution in [0.2, 0.25) is 0 Å². The molecule has 5 saturated heterocycles. The third-order valence-electron chi connectivity index (χ3n) is 28.3. The molecule has 28 nitrogen and oxygen atoms in total. The van der Waals surface area contributed by atoms with E-state index in [1.807, 2.05) is 228 Å². The molecule has 146 heavy (non-hydrogen) atoms. The van der Waals surface area contributed by atoms with Crippen LogP contribution in [0.1, 0.15) is 85.3 Å². The van der Waals surface area contributed by atoms with Gasteiger partial charge in [0.1, 0.15) is 27.9 Å². The van der Waals surface area contributed by atoms with Crippen molar-refractivity contribution in [1.29, 1.82) is 0 Å². The van der Waals surface area contributed by atoms with Crippen LogP contribution in [-0.4, -0.2) is 191 Å². The number of hydrogen-bond donors (Lipinski definition) is 3. The van der Waals surface area contributed by atoms with Crippen LogP contribution in [0.4, 0.5) is 28.4 Å². The molecule has 0 saturated carbocycles. The predicted octanol–water partition coefficient (Wildman–Crippen LogP) is 20.4. The van der Waals surface area contributed by atoms with E-state index in [9.17, 15) is 24.0 Å². The quantitative estimate of drug-likeness (QED) is 0.0957. The molecule has 12 aromatic heterocycles. The van der Waals surface area contributed by atoms with E-state index < -0.39 is 0 Å². The van der Waals surface area contributed by atoms with Crippen LogP contribution in [0.5, 0.6) is 0 Å². The predicted molar refractivity (Wildman–Crippen MR) is 594 cm³/mol. The number of aryl methyl sites for hydroxylation is 7. The van der Waals surface area contributed by atoms with Gasteiger partial charge in [-0.25, -0.2) is 43.9 Å². The Kier molecular flexibility index (Phi) is 27.8. The number of piperazine rings is 4. The van der Waals surface area contributed by atoms with Crippen molar-refractivity contribution in [2.24, 2.45) is 0 Å². The van der Waals surface area contributed by atoms with Crippen molar-refractivity contribution in [1.82, 2.24) is 64.5 Å². The molecule has 5 aliphatic heterocycles. The summed E-state index contributed by atoms with van der Waals surface area (Å²) in [6, 6.07) is 62.1. The van der Waals surface area contributed by atoms with Gasteiger partial charge in [0.15, 0.2) is 5.65 Å². The van der Waals surface area contributed by atoms with E-state index in [2.05, 4.69) is 158 Å². The van der Waals surface area contributed by atoms with Crippen LogP contribution in [0.25, 0.3) is 152 Å². The minimum atomic E-state index is -0.378.